The van der Waals surface area contributed by atoms with Crippen molar-refractivity contribution in [2.24, 2.45) is 5.92 Å². The standard InChI is InChI=1S/C11H18N4O2/c1-8(2)5-13-10(16)7-15-11(17)4-9(12-3)6-14-15/h4,6,8,12H,5,7H2,1-3H3,(H,13,16). The molecular formula is C11H18N4O2. The van der Waals surface area contributed by atoms with Gasteiger partial charge in [-0.15, -0.1) is 0 Å². The van der Waals surface area contributed by atoms with Crippen molar-refractivity contribution in [3.8, 4) is 0 Å². The maximum Gasteiger partial charge on any atom is 0.269 e. The highest BCUT2D eigenvalue weighted by Gasteiger charge is 2.06. The lowest BCUT2D eigenvalue weighted by atomic mass is 10.2. The van der Waals surface area contributed by atoms with E-state index in [1.807, 2.05) is 13.8 Å². The summed E-state index contributed by atoms with van der Waals surface area (Å²) >= 11 is 0. The van der Waals surface area contributed by atoms with Gasteiger partial charge in [-0.3, -0.25) is 9.59 Å². The van der Waals surface area contributed by atoms with Crippen molar-refractivity contribution >= 4 is 11.6 Å². The van der Waals surface area contributed by atoms with Crippen LogP contribution in [0.4, 0.5) is 5.69 Å². The molecule has 6 heteroatoms. The first kappa shape index (κ1) is 13.2. The molecule has 0 atom stereocenters. The summed E-state index contributed by atoms with van der Waals surface area (Å²) in [6.45, 7) is 4.57. The second kappa shape index (κ2) is 6.03. The summed E-state index contributed by atoms with van der Waals surface area (Å²) < 4.78 is 1.14. The summed E-state index contributed by atoms with van der Waals surface area (Å²) in [7, 11) is 1.70. The van der Waals surface area contributed by atoms with Crippen LogP contribution in [0.3, 0.4) is 0 Å². The van der Waals surface area contributed by atoms with Gasteiger partial charge in [0.2, 0.25) is 5.91 Å². The van der Waals surface area contributed by atoms with E-state index in [4.69, 9.17) is 0 Å². The fourth-order valence-electron chi connectivity index (χ4n) is 1.20. The van der Waals surface area contributed by atoms with Gasteiger partial charge in [0, 0.05) is 19.7 Å². The molecule has 6 nitrogen and oxygen atoms in total. The molecule has 1 amide bonds. The first-order valence-corrected chi connectivity index (χ1v) is 5.54. The van der Waals surface area contributed by atoms with Crippen molar-refractivity contribution < 1.29 is 4.79 Å². The molecule has 0 bridgehead atoms. The fourth-order valence-corrected chi connectivity index (χ4v) is 1.20. The molecule has 0 fully saturated rings. The van der Waals surface area contributed by atoms with Crippen LogP contribution in [-0.4, -0.2) is 29.3 Å². The minimum atomic E-state index is -0.295. The van der Waals surface area contributed by atoms with Crippen molar-refractivity contribution in [3.63, 3.8) is 0 Å². The lowest BCUT2D eigenvalue weighted by Crippen LogP contribution is -2.35. The van der Waals surface area contributed by atoms with Crippen LogP contribution in [0.1, 0.15) is 13.8 Å². The molecule has 2 N–H and O–H groups in total. The van der Waals surface area contributed by atoms with E-state index in [0.29, 0.717) is 18.2 Å². The Balaban J connectivity index is 2.63. The Morgan fingerprint density at radius 3 is 2.76 bits per heavy atom. The van der Waals surface area contributed by atoms with E-state index in [1.165, 1.54) is 12.3 Å². The smallest absolute Gasteiger partial charge is 0.269 e. The topological polar surface area (TPSA) is 76.0 Å². The number of hydrogen-bond acceptors (Lipinski definition) is 4. The van der Waals surface area contributed by atoms with Crippen molar-refractivity contribution in [1.29, 1.82) is 0 Å². The van der Waals surface area contributed by atoms with Crippen molar-refractivity contribution in [1.82, 2.24) is 15.1 Å². The molecule has 0 radical (unpaired) electrons. The van der Waals surface area contributed by atoms with Gasteiger partial charge >= 0.3 is 0 Å². The lowest BCUT2D eigenvalue weighted by Gasteiger charge is -2.08. The highest BCUT2D eigenvalue weighted by atomic mass is 16.2. The van der Waals surface area contributed by atoms with Crippen LogP contribution in [0.15, 0.2) is 17.1 Å². The monoisotopic (exact) mass is 238 g/mol. The third-order valence-corrected chi connectivity index (χ3v) is 2.16. The zero-order chi connectivity index (χ0) is 12.8. The number of nitrogens with zero attached hydrogens (tertiary/aromatic N) is 2. The van der Waals surface area contributed by atoms with E-state index in [0.717, 1.165) is 4.68 Å². The number of nitrogens with one attached hydrogen (secondary N) is 2. The molecule has 0 aliphatic carbocycles. The number of carbonyl (C=O) groups excluding carboxylic acids is 1. The van der Waals surface area contributed by atoms with Crippen LogP contribution < -0.4 is 16.2 Å². The molecule has 0 saturated carbocycles. The van der Waals surface area contributed by atoms with Gasteiger partial charge in [-0.1, -0.05) is 13.8 Å². The minimum Gasteiger partial charge on any atom is -0.387 e. The van der Waals surface area contributed by atoms with Crippen LogP contribution >= 0.6 is 0 Å². The molecule has 0 saturated heterocycles. The summed E-state index contributed by atoms with van der Waals surface area (Å²) in [5.41, 5.74) is 0.338. The number of amides is 1. The number of aromatic nitrogens is 2. The third-order valence-electron chi connectivity index (χ3n) is 2.16. The Hall–Kier alpha value is -1.85. The highest BCUT2D eigenvalue weighted by molar-refractivity contribution is 5.75. The van der Waals surface area contributed by atoms with Gasteiger partial charge in [-0.25, -0.2) is 4.68 Å². The molecular weight excluding hydrogens is 220 g/mol. The summed E-state index contributed by atoms with van der Waals surface area (Å²) in [5, 5.41) is 9.44. The molecule has 0 unspecified atom stereocenters. The molecule has 0 aliphatic rings. The largest absolute Gasteiger partial charge is 0.387 e. The van der Waals surface area contributed by atoms with Gasteiger partial charge in [0.15, 0.2) is 0 Å². The van der Waals surface area contributed by atoms with Crippen molar-refractivity contribution in [3.05, 3.63) is 22.6 Å². The predicted octanol–water partition coefficient (Wildman–Crippen LogP) is 0.0572. The quantitative estimate of drug-likeness (QED) is 0.760. The maximum atomic E-state index is 11.6. The van der Waals surface area contributed by atoms with E-state index in [1.54, 1.807) is 7.05 Å². The van der Waals surface area contributed by atoms with Gasteiger partial charge < -0.3 is 10.6 Å². The summed E-state index contributed by atoms with van der Waals surface area (Å²) in [5.74, 6) is 0.181. The number of carbonyl (C=O) groups is 1. The molecule has 0 aliphatic heterocycles. The SMILES string of the molecule is CNc1cnn(CC(=O)NCC(C)C)c(=O)c1. The van der Waals surface area contributed by atoms with Gasteiger partial charge in [0.25, 0.3) is 5.56 Å². The van der Waals surface area contributed by atoms with Crippen LogP contribution in [0.2, 0.25) is 0 Å². The summed E-state index contributed by atoms with van der Waals surface area (Å²) in [6.07, 6.45) is 1.51. The van der Waals surface area contributed by atoms with Gasteiger partial charge in [0.05, 0.1) is 11.9 Å². The average molecular weight is 238 g/mol. The average Bonchev–Trinajstić information content (AvgIpc) is 2.29. The zero-order valence-electron chi connectivity index (χ0n) is 10.4. The molecule has 1 aromatic rings. The Morgan fingerprint density at radius 1 is 1.53 bits per heavy atom. The number of anilines is 1. The molecule has 1 heterocycles. The minimum absolute atomic E-state index is 0.0461. The first-order valence-electron chi connectivity index (χ1n) is 5.54. The molecule has 0 aromatic carbocycles. The second-order valence-corrected chi connectivity index (χ2v) is 4.19. The van der Waals surface area contributed by atoms with E-state index in [-0.39, 0.29) is 18.0 Å². The Morgan fingerprint density at radius 2 is 2.24 bits per heavy atom. The van der Waals surface area contributed by atoms with Crippen LogP contribution in [0.5, 0.6) is 0 Å². The van der Waals surface area contributed by atoms with Crippen LogP contribution in [-0.2, 0) is 11.3 Å². The van der Waals surface area contributed by atoms with Gasteiger partial charge in [-0.05, 0) is 5.92 Å². The van der Waals surface area contributed by atoms with Crippen LogP contribution in [0.25, 0.3) is 0 Å². The van der Waals surface area contributed by atoms with Crippen molar-refractivity contribution in [2.45, 2.75) is 20.4 Å². The Bertz CT molecular complexity index is 439. The Labute approximate surface area is 100 Å². The second-order valence-electron chi connectivity index (χ2n) is 4.19. The van der Waals surface area contributed by atoms with Crippen LogP contribution in [0, 0.1) is 5.92 Å². The van der Waals surface area contributed by atoms with E-state index in [9.17, 15) is 9.59 Å². The maximum absolute atomic E-state index is 11.6. The summed E-state index contributed by atoms with van der Waals surface area (Å²) in [4.78, 5) is 23.1. The highest BCUT2D eigenvalue weighted by Crippen LogP contribution is 1.96. The normalized spacial score (nSPS) is 10.4. The van der Waals surface area contributed by atoms with E-state index < -0.39 is 0 Å². The van der Waals surface area contributed by atoms with E-state index in [2.05, 4.69) is 15.7 Å². The third kappa shape index (κ3) is 4.26. The Kier molecular flexibility index (Phi) is 4.68. The number of rotatable bonds is 5. The number of hydrogen-bond donors (Lipinski definition) is 2. The van der Waals surface area contributed by atoms with E-state index >= 15 is 0 Å². The molecule has 1 aromatic heterocycles. The molecule has 94 valence electrons. The van der Waals surface area contributed by atoms with Crippen molar-refractivity contribution in [2.75, 3.05) is 18.9 Å². The summed E-state index contributed by atoms with van der Waals surface area (Å²) in [6, 6.07) is 1.41. The molecule has 17 heavy (non-hydrogen) atoms. The lowest BCUT2D eigenvalue weighted by molar-refractivity contribution is -0.122. The van der Waals surface area contributed by atoms with Gasteiger partial charge in [0.1, 0.15) is 6.54 Å². The first-order chi connectivity index (χ1) is 8.02. The molecule has 1 rings (SSSR count). The van der Waals surface area contributed by atoms with Gasteiger partial charge in [-0.2, -0.15) is 5.10 Å². The fraction of sp³-hybridized carbons (Fsp3) is 0.545. The predicted molar refractivity (Wildman–Crippen MR) is 65.9 cm³/mol. The molecule has 0 spiro atoms. The zero-order valence-corrected chi connectivity index (χ0v) is 10.4.